The summed E-state index contributed by atoms with van der Waals surface area (Å²) < 4.78 is 1.64. The second-order valence-corrected chi connectivity index (χ2v) is 4.61. The molecule has 8 nitrogen and oxygen atoms in total. The largest absolute Gasteiger partial charge is 0.275 e. The molecule has 0 unspecified atom stereocenters. The molecule has 8 heteroatoms. The number of anilines is 1. The Hall–Kier alpha value is -3.03. The fourth-order valence-corrected chi connectivity index (χ4v) is 2.08. The van der Waals surface area contributed by atoms with Gasteiger partial charge in [-0.05, 0) is 12.1 Å². The minimum absolute atomic E-state index is 0.0261. The molecule has 0 radical (unpaired) electrons. The fourth-order valence-electron chi connectivity index (χ4n) is 2.08. The number of non-ortho nitro benzene ring substituents is 1. The summed E-state index contributed by atoms with van der Waals surface area (Å²) >= 11 is 0. The Labute approximate surface area is 119 Å². The van der Waals surface area contributed by atoms with Crippen LogP contribution in [0.5, 0.6) is 0 Å². The van der Waals surface area contributed by atoms with Crippen LogP contribution in [0.3, 0.4) is 0 Å². The first-order chi connectivity index (χ1) is 10.0. The summed E-state index contributed by atoms with van der Waals surface area (Å²) in [5.74, 6) is -0.178. The van der Waals surface area contributed by atoms with Gasteiger partial charge >= 0.3 is 0 Å². The smallest absolute Gasteiger partial charge is 0.269 e. The molecule has 1 aliphatic heterocycles. The van der Waals surface area contributed by atoms with Crippen LogP contribution in [-0.4, -0.2) is 26.3 Å². The van der Waals surface area contributed by atoms with Crippen LogP contribution in [0.2, 0.25) is 0 Å². The Morgan fingerprint density at radius 3 is 2.57 bits per heavy atom. The number of hydrogen-bond acceptors (Lipinski definition) is 5. The molecule has 0 N–H and O–H groups in total. The lowest BCUT2D eigenvalue weighted by Gasteiger charge is -2.10. The normalized spacial score (nSPS) is 14.4. The Morgan fingerprint density at radius 2 is 2.00 bits per heavy atom. The second kappa shape index (κ2) is 4.82. The average Bonchev–Trinajstić information content (AvgIpc) is 3.05. The van der Waals surface area contributed by atoms with Crippen molar-refractivity contribution in [3.63, 3.8) is 0 Å². The number of carbonyl (C=O) groups excluding carboxylic acids is 1. The molecule has 21 heavy (non-hydrogen) atoms. The lowest BCUT2D eigenvalue weighted by atomic mass is 10.1. The van der Waals surface area contributed by atoms with E-state index in [9.17, 15) is 14.9 Å². The Bertz CT molecular complexity index is 747. The quantitative estimate of drug-likeness (QED) is 0.630. The standard InChI is InChI=1S/C13H11N5O3/c1-16-8-9(7-14-16)12-6-13(19)17(15-12)10-2-4-11(5-3-10)18(20)21/h2-5,7-8H,6H2,1H3. The summed E-state index contributed by atoms with van der Waals surface area (Å²) in [5, 5.41) is 20.2. The maximum absolute atomic E-state index is 12.0. The fraction of sp³-hybridized carbons (Fsp3) is 0.154. The number of hydrogen-bond donors (Lipinski definition) is 0. The first kappa shape index (κ1) is 13.0. The van der Waals surface area contributed by atoms with Crippen molar-refractivity contribution in [2.75, 3.05) is 5.01 Å². The molecular formula is C13H11N5O3. The molecule has 1 amide bonds. The Kier molecular flexibility index (Phi) is 2.98. The van der Waals surface area contributed by atoms with Crippen molar-refractivity contribution in [1.29, 1.82) is 0 Å². The highest BCUT2D eigenvalue weighted by atomic mass is 16.6. The van der Waals surface area contributed by atoms with E-state index in [1.54, 1.807) is 24.1 Å². The molecule has 1 aliphatic rings. The van der Waals surface area contributed by atoms with E-state index in [-0.39, 0.29) is 18.0 Å². The van der Waals surface area contributed by atoms with Gasteiger partial charge < -0.3 is 0 Å². The molecular weight excluding hydrogens is 274 g/mol. The van der Waals surface area contributed by atoms with Gasteiger partial charge in [0.05, 0.1) is 28.9 Å². The van der Waals surface area contributed by atoms with Gasteiger partial charge in [-0.2, -0.15) is 10.2 Å². The van der Waals surface area contributed by atoms with Crippen LogP contribution in [-0.2, 0) is 11.8 Å². The second-order valence-electron chi connectivity index (χ2n) is 4.61. The number of amides is 1. The third-order valence-electron chi connectivity index (χ3n) is 3.12. The van der Waals surface area contributed by atoms with Gasteiger partial charge in [0.2, 0.25) is 0 Å². The molecule has 0 atom stereocenters. The summed E-state index contributed by atoms with van der Waals surface area (Å²) in [6, 6.07) is 5.71. The molecule has 1 aromatic carbocycles. The van der Waals surface area contributed by atoms with E-state index in [0.29, 0.717) is 11.4 Å². The van der Waals surface area contributed by atoms with Gasteiger partial charge in [0.15, 0.2) is 0 Å². The number of aromatic nitrogens is 2. The molecule has 0 fully saturated rings. The zero-order valence-corrected chi connectivity index (χ0v) is 11.1. The highest BCUT2D eigenvalue weighted by Crippen LogP contribution is 2.24. The minimum atomic E-state index is -0.486. The van der Waals surface area contributed by atoms with E-state index >= 15 is 0 Å². The van der Waals surface area contributed by atoms with Crippen LogP contribution >= 0.6 is 0 Å². The van der Waals surface area contributed by atoms with Gasteiger partial charge in [-0.3, -0.25) is 19.6 Å². The summed E-state index contributed by atoms with van der Waals surface area (Å²) in [6.45, 7) is 0. The Morgan fingerprint density at radius 1 is 1.29 bits per heavy atom. The average molecular weight is 285 g/mol. The predicted molar refractivity (Wildman–Crippen MR) is 74.9 cm³/mol. The predicted octanol–water partition coefficient (Wildman–Crippen LogP) is 1.47. The summed E-state index contributed by atoms with van der Waals surface area (Å²) in [5.41, 5.74) is 1.90. The third kappa shape index (κ3) is 2.38. The van der Waals surface area contributed by atoms with E-state index in [1.165, 1.54) is 29.3 Å². The maximum Gasteiger partial charge on any atom is 0.269 e. The molecule has 1 aromatic heterocycles. The van der Waals surface area contributed by atoms with Gasteiger partial charge in [0, 0.05) is 30.9 Å². The van der Waals surface area contributed by atoms with Gasteiger partial charge in [-0.25, -0.2) is 5.01 Å². The summed E-state index contributed by atoms with van der Waals surface area (Å²) in [6.07, 6.45) is 3.61. The SMILES string of the molecule is Cn1cc(C2=NN(c3ccc([N+](=O)[O-])cc3)C(=O)C2)cn1. The third-order valence-corrected chi connectivity index (χ3v) is 3.12. The van der Waals surface area contributed by atoms with E-state index in [2.05, 4.69) is 10.2 Å². The number of nitro benzene ring substituents is 1. The van der Waals surface area contributed by atoms with Crippen molar-refractivity contribution < 1.29 is 9.72 Å². The van der Waals surface area contributed by atoms with E-state index < -0.39 is 4.92 Å². The topological polar surface area (TPSA) is 93.6 Å². The minimum Gasteiger partial charge on any atom is -0.275 e. The van der Waals surface area contributed by atoms with Gasteiger partial charge in [-0.15, -0.1) is 0 Å². The molecule has 0 bridgehead atoms. The van der Waals surface area contributed by atoms with Gasteiger partial charge in [0.1, 0.15) is 0 Å². The number of nitro groups is 1. The van der Waals surface area contributed by atoms with Crippen LogP contribution in [0.4, 0.5) is 11.4 Å². The number of aryl methyl sites for hydroxylation is 1. The first-order valence-corrected chi connectivity index (χ1v) is 6.18. The van der Waals surface area contributed by atoms with Crippen molar-refractivity contribution in [1.82, 2.24) is 9.78 Å². The molecule has 106 valence electrons. The van der Waals surface area contributed by atoms with E-state index in [1.807, 2.05) is 0 Å². The number of nitrogens with zero attached hydrogens (tertiary/aromatic N) is 5. The number of benzene rings is 1. The lowest BCUT2D eigenvalue weighted by Crippen LogP contribution is -2.19. The molecule has 0 saturated carbocycles. The molecule has 0 saturated heterocycles. The highest BCUT2D eigenvalue weighted by molar-refractivity contribution is 6.19. The van der Waals surface area contributed by atoms with Gasteiger partial charge in [0.25, 0.3) is 11.6 Å². The van der Waals surface area contributed by atoms with Crippen molar-refractivity contribution in [3.05, 3.63) is 52.3 Å². The van der Waals surface area contributed by atoms with Crippen molar-refractivity contribution >= 4 is 23.0 Å². The van der Waals surface area contributed by atoms with Crippen LogP contribution in [0.15, 0.2) is 41.8 Å². The van der Waals surface area contributed by atoms with Crippen molar-refractivity contribution in [3.8, 4) is 0 Å². The van der Waals surface area contributed by atoms with Gasteiger partial charge in [-0.1, -0.05) is 0 Å². The molecule has 3 rings (SSSR count). The monoisotopic (exact) mass is 285 g/mol. The zero-order valence-electron chi connectivity index (χ0n) is 11.1. The molecule has 2 aromatic rings. The van der Waals surface area contributed by atoms with Crippen LogP contribution < -0.4 is 5.01 Å². The van der Waals surface area contributed by atoms with Crippen molar-refractivity contribution in [2.24, 2.45) is 12.1 Å². The number of hydrazone groups is 1. The Balaban J connectivity index is 1.89. The molecule has 2 heterocycles. The lowest BCUT2D eigenvalue weighted by molar-refractivity contribution is -0.384. The molecule has 0 aliphatic carbocycles. The van der Waals surface area contributed by atoms with E-state index in [0.717, 1.165) is 5.56 Å². The first-order valence-electron chi connectivity index (χ1n) is 6.18. The molecule has 0 spiro atoms. The number of carbonyl (C=O) groups is 1. The van der Waals surface area contributed by atoms with Crippen LogP contribution in [0, 0.1) is 10.1 Å². The maximum atomic E-state index is 12.0. The number of rotatable bonds is 3. The highest BCUT2D eigenvalue weighted by Gasteiger charge is 2.27. The van der Waals surface area contributed by atoms with Crippen LogP contribution in [0.1, 0.15) is 12.0 Å². The summed E-state index contributed by atoms with van der Waals surface area (Å²) in [7, 11) is 1.79. The van der Waals surface area contributed by atoms with Crippen LogP contribution in [0.25, 0.3) is 0 Å². The summed E-state index contributed by atoms with van der Waals surface area (Å²) in [4.78, 5) is 22.2. The van der Waals surface area contributed by atoms with E-state index in [4.69, 9.17) is 0 Å². The zero-order chi connectivity index (χ0) is 15.0. The van der Waals surface area contributed by atoms with Crippen molar-refractivity contribution in [2.45, 2.75) is 6.42 Å².